The Morgan fingerprint density at radius 2 is 2.00 bits per heavy atom. The highest BCUT2D eigenvalue weighted by molar-refractivity contribution is 7.99. The second kappa shape index (κ2) is 7.04. The van der Waals surface area contributed by atoms with Gasteiger partial charge in [-0.15, -0.1) is 0 Å². The van der Waals surface area contributed by atoms with Crippen molar-refractivity contribution in [3.05, 3.63) is 0 Å². The van der Waals surface area contributed by atoms with Crippen LogP contribution < -0.4 is 0 Å². The van der Waals surface area contributed by atoms with E-state index in [4.69, 9.17) is 4.74 Å². The minimum Gasteiger partial charge on any atom is -0.375 e. The topological polar surface area (TPSA) is 26.3 Å². The molecule has 3 heteroatoms. The number of hydrogen-bond acceptors (Lipinski definition) is 3. The van der Waals surface area contributed by atoms with Gasteiger partial charge in [0.1, 0.15) is 5.78 Å². The maximum atomic E-state index is 13.0. The largest absolute Gasteiger partial charge is 0.375 e. The molecule has 0 aromatic rings. The van der Waals surface area contributed by atoms with Gasteiger partial charge in [-0.1, -0.05) is 26.2 Å². The molecule has 0 amide bonds. The average Bonchev–Trinajstić information content (AvgIpc) is 2.55. The highest BCUT2D eigenvalue weighted by Crippen LogP contribution is 2.42. The number of Topliss-reactive ketones (excluding diaryl/α,β-unsaturated/α-hetero) is 1. The lowest BCUT2D eigenvalue weighted by Crippen LogP contribution is -2.45. The summed E-state index contributed by atoms with van der Waals surface area (Å²) in [6.45, 7) is 3.09. The Balaban J connectivity index is 1.61. The molecule has 2 heterocycles. The smallest absolute Gasteiger partial charge is 0.139 e. The van der Waals surface area contributed by atoms with E-state index in [1.807, 2.05) is 11.8 Å². The number of ether oxygens (including phenoxy) is 1. The van der Waals surface area contributed by atoms with Crippen molar-refractivity contribution in [2.75, 3.05) is 18.1 Å². The van der Waals surface area contributed by atoms with Gasteiger partial charge in [0.05, 0.1) is 5.60 Å². The van der Waals surface area contributed by atoms with Crippen molar-refractivity contribution in [1.29, 1.82) is 0 Å². The van der Waals surface area contributed by atoms with Gasteiger partial charge in [-0.25, -0.2) is 0 Å². The molecule has 2 nitrogen and oxygen atoms in total. The van der Waals surface area contributed by atoms with E-state index >= 15 is 0 Å². The number of ketones is 1. The summed E-state index contributed by atoms with van der Waals surface area (Å²) in [5.41, 5.74) is 0.0582. The number of carbonyl (C=O) groups excluding carboxylic acids is 1. The van der Waals surface area contributed by atoms with E-state index in [9.17, 15) is 4.79 Å². The molecule has 1 saturated carbocycles. The van der Waals surface area contributed by atoms with Gasteiger partial charge in [-0.2, -0.15) is 11.8 Å². The normalized spacial score (nSPS) is 36.5. The SMILES string of the molecule is CCC1CCCC(C(=O)C2CCOC3(CCSCC3)C2)C1. The van der Waals surface area contributed by atoms with E-state index in [0.29, 0.717) is 17.6 Å². The van der Waals surface area contributed by atoms with Gasteiger partial charge < -0.3 is 4.74 Å². The van der Waals surface area contributed by atoms with Gasteiger partial charge in [0.15, 0.2) is 0 Å². The molecule has 120 valence electrons. The molecule has 0 bridgehead atoms. The van der Waals surface area contributed by atoms with Gasteiger partial charge >= 0.3 is 0 Å². The van der Waals surface area contributed by atoms with Gasteiger partial charge in [0.25, 0.3) is 0 Å². The Morgan fingerprint density at radius 3 is 2.76 bits per heavy atom. The fraction of sp³-hybridized carbons (Fsp3) is 0.944. The molecule has 0 aromatic heterocycles. The Bertz CT molecular complexity index is 357. The maximum absolute atomic E-state index is 13.0. The van der Waals surface area contributed by atoms with Gasteiger partial charge in [-0.3, -0.25) is 4.79 Å². The Labute approximate surface area is 133 Å². The third-order valence-corrected chi connectivity index (χ3v) is 7.05. The Hall–Kier alpha value is -0.0200. The molecule has 1 aliphatic carbocycles. The van der Waals surface area contributed by atoms with E-state index in [1.54, 1.807) is 0 Å². The summed E-state index contributed by atoms with van der Waals surface area (Å²) in [4.78, 5) is 13.0. The summed E-state index contributed by atoms with van der Waals surface area (Å²) in [6, 6.07) is 0. The molecule has 0 radical (unpaired) electrons. The van der Waals surface area contributed by atoms with Gasteiger partial charge in [0, 0.05) is 18.4 Å². The molecule has 3 rings (SSSR count). The lowest BCUT2D eigenvalue weighted by Gasteiger charge is -2.44. The number of rotatable bonds is 3. The molecule has 3 atom stereocenters. The summed E-state index contributed by atoms with van der Waals surface area (Å²) >= 11 is 2.04. The van der Waals surface area contributed by atoms with Crippen LogP contribution in [-0.2, 0) is 9.53 Å². The van der Waals surface area contributed by atoms with Crippen LogP contribution in [0.15, 0.2) is 0 Å². The van der Waals surface area contributed by atoms with Crippen molar-refractivity contribution >= 4 is 17.5 Å². The monoisotopic (exact) mass is 310 g/mol. The fourth-order valence-electron chi connectivity index (χ4n) is 4.62. The van der Waals surface area contributed by atoms with Crippen molar-refractivity contribution < 1.29 is 9.53 Å². The summed E-state index contributed by atoms with van der Waals surface area (Å²) in [5.74, 6) is 4.47. The quantitative estimate of drug-likeness (QED) is 0.769. The minimum absolute atomic E-state index is 0.0582. The molecule has 2 saturated heterocycles. The van der Waals surface area contributed by atoms with E-state index in [-0.39, 0.29) is 5.60 Å². The summed E-state index contributed by atoms with van der Waals surface area (Å²) in [7, 11) is 0. The summed E-state index contributed by atoms with van der Waals surface area (Å²) in [5, 5.41) is 0. The Morgan fingerprint density at radius 1 is 1.19 bits per heavy atom. The molecule has 0 N–H and O–H groups in total. The van der Waals surface area contributed by atoms with Gasteiger partial charge in [0.2, 0.25) is 0 Å². The second-order valence-corrected chi connectivity index (χ2v) is 8.60. The van der Waals surface area contributed by atoms with Crippen LogP contribution in [0.3, 0.4) is 0 Å². The zero-order valence-electron chi connectivity index (χ0n) is 13.4. The minimum atomic E-state index is 0.0582. The van der Waals surface area contributed by atoms with Crippen molar-refractivity contribution in [1.82, 2.24) is 0 Å². The molecular formula is C18H30O2S. The van der Waals surface area contributed by atoms with Crippen LogP contribution in [0, 0.1) is 17.8 Å². The molecular weight excluding hydrogens is 280 g/mol. The van der Waals surface area contributed by atoms with Crippen molar-refractivity contribution in [2.45, 2.75) is 70.3 Å². The summed E-state index contributed by atoms with van der Waals surface area (Å²) < 4.78 is 6.15. The molecule has 0 aromatic carbocycles. The van der Waals surface area contributed by atoms with Crippen LogP contribution in [0.4, 0.5) is 0 Å². The third-order valence-electron chi connectivity index (χ3n) is 6.06. The molecule has 2 aliphatic heterocycles. The van der Waals surface area contributed by atoms with Crippen molar-refractivity contribution in [3.8, 4) is 0 Å². The third kappa shape index (κ3) is 3.67. The van der Waals surface area contributed by atoms with Crippen LogP contribution in [0.5, 0.6) is 0 Å². The standard InChI is InChI=1S/C18H30O2S/c1-2-14-4-3-5-15(12-14)17(19)16-6-9-20-18(13-16)7-10-21-11-8-18/h14-16H,2-13H2,1H3. The van der Waals surface area contributed by atoms with E-state index in [2.05, 4.69) is 6.92 Å². The Kier molecular flexibility index (Phi) is 5.32. The first-order valence-corrected chi connectivity index (χ1v) is 10.1. The molecule has 21 heavy (non-hydrogen) atoms. The van der Waals surface area contributed by atoms with Crippen LogP contribution in [0.25, 0.3) is 0 Å². The summed E-state index contributed by atoms with van der Waals surface area (Å²) in [6.07, 6.45) is 10.5. The average molecular weight is 311 g/mol. The number of thioether (sulfide) groups is 1. The van der Waals surface area contributed by atoms with Crippen LogP contribution in [0.1, 0.15) is 64.7 Å². The van der Waals surface area contributed by atoms with Gasteiger partial charge in [-0.05, 0) is 55.9 Å². The fourth-order valence-corrected chi connectivity index (χ4v) is 5.85. The zero-order valence-corrected chi connectivity index (χ0v) is 14.3. The van der Waals surface area contributed by atoms with E-state index in [0.717, 1.165) is 51.0 Å². The number of carbonyl (C=O) groups is 1. The molecule has 3 fully saturated rings. The lowest BCUT2D eigenvalue weighted by molar-refractivity contribution is -0.143. The van der Waals surface area contributed by atoms with Crippen LogP contribution >= 0.6 is 11.8 Å². The maximum Gasteiger partial charge on any atom is 0.139 e. The van der Waals surface area contributed by atoms with Crippen LogP contribution in [0.2, 0.25) is 0 Å². The van der Waals surface area contributed by atoms with Crippen LogP contribution in [-0.4, -0.2) is 29.5 Å². The molecule has 3 aliphatic rings. The van der Waals surface area contributed by atoms with E-state index in [1.165, 1.54) is 30.8 Å². The lowest BCUT2D eigenvalue weighted by atomic mass is 9.72. The van der Waals surface area contributed by atoms with E-state index < -0.39 is 0 Å². The predicted molar refractivity (Wildman–Crippen MR) is 88.7 cm³/mol. The first-order valence-electron chi connectivity index (χ1n) is 8.98. The first kappa shape index (κ1) is 15.9. The highest BCUT2D eigenvalue weighted by Gasteiger charge is 2.42. The number of hydrogen-bond donors (Lipinski definition) is 0. The predicted octanol–water partition coefficient (Wildman–Crippen LogP) is 4.46. The zero-order chi connectivity index (χ0) is 14.7. The second-order valence-electron chi connectivity index (χ2n) is 7.37. The highest BCUT2D eigenvalue weighted by atomic mass is 32.2. The van der Waals surface area contributed by atoms with Crippen molar-refractivity contribution in [2.24, 2.45) is 17.8 Å². The van der Waals surface area contributed by atoms with Crippen molar-refractivity contribution in [3.63, 3.8) is 0 Å². The molecule has 1 spiro atoms. The molecule has 3 unspecified atom stereocenters. The first-order chi connectivity index (χ1) is 10.2.